The molecule has 4 aromatic rings. The third-order valence-corrected chi connectivity index (χ3v) is 5.46. The van der Waals surface area contributed by atoms with Gasteiger partial charge in [0.1, 0.15) is 5.82 Å². The van der Waals surface area contributed by atoms with E-state index in [4.69, 9.17) is 18.0 Å². The summed E-state index contributed by atoms with van der Waals surface area (Å²) in [5.41, 5.74) is 11.0. The number of benzene rings is 2. The van der Waals surface area contributed by atoms with Crippen LogP contribution in [0.3, 0.4) is 0 Å². The number of aromatic amines is 1. The normalized spacial score (nSPS) is 11.8. The molecule has 4 rings (SSSR count). The SMILES string of the molecule is Cc1cc(C)nc(NC(N)=[N+](CCc2c[nH]c3ccccc23)C(=S)Nc2ccc(F)cc2)n1. The minimum atomic E-state index is -0.317. The van der Waals surface area contributed by atoms with Gasteiger partial charge in [-0.15, -0.1) is 0 Å². The van der Waals surface area contributed by atoms with Crippen molar-refractivity contribution in [3.63, 3.8) is 0 Å². The van der Waals surface area contributed by atoms with Gasteiger partial charge in [0.2, 0.25) is 0 Å². The second kappa shape index (κ2) is 9.74. The Bertz CT molecular complexity index is 1310. The van der Waals surface area contributed by atoms with E-state index in [1.165, 1.54) is 12.1 Å². The number of halogens is 1. The highest BCUT2D eigenvalue weighted by Gasteiger charge is 2.17. The highest BCUT2D eigenvalue weighted by atomic mass is 32.1. The highest BCUT2D eigenvalue weighted by Crippen LogP contribution is 2.18. The van der Waals surface area contributed by atoms with Crippen LogP contribution in [0, 0.1) is 19.7 Å². The molecule has 33 heavy (non-hydrogen) atoms. The Kier molecular flexibility index (Phi) is 6.60. The zero-order valence-electron chi connectivity index (χ0n) is 18.4. The van der Waals surface area contributed by atoms with E-state index in [1.807, 2.05) is 44.3 Å². The predicted octanol–water partition coefficient (Wildman–Crippen LogP) is 4.09. The van der Waals surface area contributed by atoms with Gasteiger partial charge < -0.3 is 10.7 Å². The van der Waals surface area contributed by atoms with Gasteiger partial charge >= 0.3 is 5.96 Å². The summed E-state index contributed by atoms with van der Waals surface area (Å²) in [5, 5.41) is 7.72. The van der Waals surface area contributed by atoms with Crippen LogP contribution < -0.4 is 16.4 Å². The lowest BCUT2D eigenvalue weighted by Gasteiger charge is -2.14. The van der Waals surface area contributed by atoms with Crippen LogP contribution in [-0.4, -0.2) is 37.1 Å². The lowest BCUT2D eigenvalue weighted by Crippen LogP contribution is -2.41. The van der Waals surface area contributed by atoms with Gasteiger partial charge in [-0.05, 0) is 68.0 Å². The topological polar surface area (TPSA) is 94.7 Å². The van der Waals surface area contributed by atoms with E-state index in [1.54, 1.807) is 16.7 Å². The molecule has 7 nitrogen and oxygen atoms in total. The van der Waals surface area contributed by atoms with Crippen molar-refractivity contribution in [2.75, 3.05) is 17.2 Å². The number of guanidine groups is 1. The molecule has 0 aliphatic heterocycles. The fourth-order valence-electron chi connectivity index (χ4n) is 3.59. The molecule has 0 saturated carbocycles. The summed E-state index contributed by atoms with van der Waals surface area (Å²) >= 11 is 5.66. The van der Waals surface area contributed by atoms with Crippen LogP contribution in [0.25, 0.3) is 10.9 Å². The van der Waals surface area contributed by atoms with Crippen molar-refractivity contribution < 1.29 is 8.97 Å². The van der Waals surface area contributed by atoms with Gasteiger partial charge in [-0.3, -0.25) is 5.32 Å². The minimum Gasteiger partial charge on any atom is -0.361 e. The van der Waals surface area contributed by atoms with Crippen molar-refractivity contribution in [3.8, 4) is 0 Å². The van der Waals surface area contributed by atoms with Crippen molar-refractivity contribution in [1.29, 1.82) is 0 Å². The number of para-hydroxylation sites is 1. The van der Waals surface area contributed by atoms with Crippen LogP contribution >= 0.6 is 12.2 Å². The average Bonchev–Trinajstić information content (AvgIpc) is 3.18. The summed E-state index contributed by atoms with van der Waals surface area (Å²) in [4.78, 5) is 12.1. The molecular formula is C24H25FN7S+. The number of hydrogen-bond acceptors (Lipinski definition) is 3. The van der Waals surface area contributed by atoms with Crippen molar-refractivity contribution in [2.24, 2.45) is 5.73 Å². The Labute approximate surface area is 196 Å². The van der Waals surface area contributed by atoms with Crippen molar-refractivity contribution in [3.05, 3.63) is 83.6 Å². The Balaban J connectivity index is 1.61. The summed E-state index contributed by atoms with van der Waals surface area (Å²) < 4.78 is 15.1. The molecule has 0 saturated heterocycles. The summed E-state index contributed by atoms with van der Waals surface area (Å²) in [7, 11) is 0. The predicted molar refractivity (Wildman–Crippen MR) is 134 cm³/mol. The molecule has 0 bridgehead atoms. The van der Waals surface area contributed by atoms with Gasteiger partial charge in [0.25, 0.3) is 11.1 Å². The Morgan fingerprint density at radius 1 is 1.06 bits per heavy atom. The van der Waals surface area contributed by atoms with Crippen LogP contribution in [0.2, 0.25) is 0 Å². The molecule has 0 unspecified atom stereocenters. The van der Waals surface area contributed by atoms with E-state index in [-0.39, 0.29) is 5.82 Å². The standard InChI is InChI=1S/C24H24FN7S/c1-15-13-16(2)29-23(28-15)31-22(26)32(24(33)30-19-9-7-18(25)8-10-19)12-11-17-14-27-21-6-4-3-5-20(17)21/h3-10,13-14,27H,11-12H2,1-2H3,(H3,26,28,29,30,31,33)/p+1. The van der Waals surface area contributed by atoms with E-state index in [9.17, 15) is 4.39 Å². The van der Waals surface area contributed by atoms with E-state index in [2.05, 4.69) is 31.7 Å². The van der Waals surface area contributed by atoms with Gasteiger partial charge in [0.15, 0.2) is 0 Å². The highest BCUT2D eigenvalue weighted by molar-refractivity contribution is 7.80. The third kappa shape index (κ3) is 5.50. The number of nitrogens with two attached hydrogens (primary N) is 1. The van der Waals surface area contributed by atoms with Crippen molar-refractivity contribution >= 4 is 45.8 Å². The zero-order valence-corrected chi connectivity index (χ0v) is 19.2. The first-order chi connectivity index (χ1) is 15.9. The molecule has 0 spiro atoms. The van der Waals surface area contributed by atoms with Gasteiger partial charge in [-0.2, -0.15) is 0 Å². The second-order valence-corrected chi connectivity index (χ2v) is 8.07. The number of thiocarbonyl (C=S) groups is 1. The largest absolute Gasteiger partial charge is 0.361 e. The minimum absolute atomic E-state index is 0.291. The first-order valence-corrected chi connectivity index (χ1v) is 10.9. The summed E-state index contributed by atoms with van der Waals surface area (Å²) in [6.07, 6.45) is 2.68. The lowest BCUT2D eigenvalue weighted by atomic mass is 10.1. The number of rotatable bonds is 5. The van der Waals surface area contributed by atoms with Crippen molar-refractivity contribution in [2.45, 2.75) is 20.3 Å². The molecule has 2 aromatic heterocycles. The maximum absolute atomic E-state index is 13.3. The fourth-order valence-corrected chi connectivity index (χ4v) is 3.90. The molecule has 168 valence electrons. The monoisotopic (exact) mass is 462 g/mol. The van der Waals surface area contributed by atoms with Gasteiger partial charge in [-0.1, -0.05) is 18.2 Å². The smallest absolute Gasteiger partial charge is 0.315 e. The molecule has 0 aliphatic carbocycles. The number of aromatic nitrogens is 3. The molecule has 0 aliphatic rings. The van der Waals surface area contributed by atoms with Crippen LogP contribution in [-0.2, 0) is 6.42 Å². The molecule has 2 heterocycles. The summed E-state index contributed by atoms with van der Waals surface area (Å²) in [6, 6.07) is 16.0. The van der Waals surface area contributed by atoms with Crippen LogP contribution in [0.5, 0.6) is 0 Å². The van der Waals surface area contributed by atoms with Gasteiger partial charge in [0.05, 0.1) is 12.2 Å². The third-order valence-electron chi connectivity index (χ3n) is 5.13. The first-order valence-electron chi connectivity index (χ1n) is 10.5. The number of nitrogens with zero attached hydrogens (tertiary/aromatic N) is 3. The molecule has 0 amide bonds. The quantitative estimate of drug-likeness (QED) is 0.154. The van der Waals surface area contributed by atoms with Gasteiger partial charge in [-0.25, -0.2) is 24.3 Å². The molecular weight excluding hydrogens is 437 g/mol. The first kappa shape index (κ1) is 22.3. The Morgan fingerprint density at radius 3 is 2.48 bits per heavy atom. The maximum atomic E-state index is 13.3. The van der Waals surface area contributed by atoms with E-state index >= 15 is 0 Å². The number of hydrogen-bond donors (Lipinski definition) is 4. The molecule has 5 N–H and O–H groups in total. The molecule has 2 aromatic carbocycles. The number of nitrogens with one attached hydrogen (secondary N) is 3. The number of anilines is 2. The van der Waals surface area contributed by atoms with E-state index in [0.717, 1.165) is 27.9 Å². The summed E-state index contributed by atoms with van der Waals surface area (Å²) in [5.74, 6) is 0.369. The molecule has 9 heteroatoms. The number of aryl methyl sites for hydroxylation is 2. The molecule has 0 fully saturated rings. The number of H-pyrrole nitrogens is 1. The summed E-state index contributed by atoms with van der Waals surface area (Å²) in [6.45, 7) is 4.29. The van der Waals surface area contributed by atoms with Crippen LogP contribution in [0.4, 0.5) is 16.0 Å². The Morgan fingerprint density at radius 2 is 1.76 bits per heavy atom. The molecule has 0 atom stereocenters. The number of fused-ring (bicyclic) bond motifs is 1. The fraction of sp³-hybridized carbons (Fsp3) is 0.167. The Hall–Kier alpha value is -3.85. The lowest BCUT2D eigenvalue weighted by molar-refractivity contribution is -0.404. The average molecular weight is 463 g/mol. The van der Waals surface area contributed by atoms with Gasteiger partial charge in [0, 0.05) is 34.9 Å². The molecule has 0 radical (unpaired) electrons. The van der Waals surface area contributed by atoms with E-state index in [0.29, 0.717) is 35.7 Å². The maximum Gasteiger partial charge on any atom is 0.315 e. The van der Waals surface area contributed by atoms with Crippen LogP contribution in [0.15, 0.2) is 60.8 Å². The second-order valence-electron chi connectivity index (χ2n) is 7.68. The zero-order chi connectivity index (χ0) is 23.4. The van der Waals surface area contributed by atoms with Crippen LogP contribution in [0.1, 0.15) is 17.0 Å². The van der Waals surface area contributed by atoms with Crippen molar-refractivity contribution in [1.82, 2.24) is 15.0 Å². The van der Waals surface area contributed by atoms with E-state index < -0.39 is 0 Å².